The molecule has 25 heavy (non-hydrogen) atoms. The Labute approximate surface area is 145 Å². The Balaban J connectivity index is 1.77. The molecule has 1 amide bonds. The number of methoxy groups -OCH3 is 1. The molecule has 1 fully saturated rings. The molecule has 2 aromatic rings. The summed E-state index contributed by atoms with van der Waals surface area (Å²) in [7, 11) is -2.41. The summed E-state index contributed by atoms with van der Waals surface area (Å²) in [5.74, 6) is -0.350. The first-order valence-electron chi connectivity index (χ1n) is 7.64. The minimum atomic E-state index is -3.86. The zero-order valence-electron chi connectivity index (χ0n) is 13.5. The van der Waals surface area contributed by atoms with Gasteiger partial charge in [-0.25, -0.2) is 12.8 Å². The summed E-state index contributed by atoms with van der Waals surface area (Å²) >= 11 is 0. The molecule has 1 aliphatic heterocycles. The van der Waals surface area contributed by atoms with Crippen LogP contribution in [0.1, 0.15) is 6.42 Å². The van der Waals surface area contributed by atoms with Gasteiger partial charge in [0.05, 0.1) is 12.0 Å². The van der Waals surface area contributed by atoms with E-state index < -0.39 is 21.9 Å². The molecule has 6 nitrogen and oxygen atoms in total. The summed E-state index contributed by atoms with van der Waals surface area (Å²) in [5.41, 5.74) is 0.537. The smallest absolute Gasteiger partial charge is 0.245 e. The average Bonchev–Trinajstić information content (AvgIpc) is 2.96. The molecule has 0 radical (unpaired) electrons. The van der Waals surface area contributed by atoms with Crippen molar-refractivity contribution in [2.45, 2.75) is 17.4 Å². The van der Waals surface area contributed by atoms with E-state index in [0.29, 0.717) is 24.4 Å². The molecular weight excluding hydrogens is 347 g/mol. The van der Waals surface area contributed by atoms with Crippen molar-refractivity contribution in [3.8, 4) is 5.75 Å². The summed E-state index contributed by atoms with van der Waals surface area (Å²) in [6.07, 6.45) is 0.333. The van der Waals surface area contributed by atoms with E-state index in [0.717, 1.165) is 0 Å². The second-order valence-corrected chi connectivity index (χ2v) is 7.32. The van der Waals surface area contributed by atoms with Gasteiger partial charge in [0.1, 0.15) is 17.6 Å². The number of ether oxygens (including phenoxy) is 1. The predicted octanol–water partition coefficient (Wildman–Crippen LogP) is 1.92. The van der Waals surface area contributed by atoms with Gasteiger partial charge in [0, 0.05) is 18.3 Å². The molecule has 0 saturated carbocycles. The first-order valence-corrected chi connectivity index (χ1v) is 9.12. The third-order valence-corrected chi connectivity index (χ3v) is 5.46. The van der Waals surface area contributed by atoms with Gasteiger partial charge in [-0.05, 0) is 42.8 Å². The number of anilines is 1. The summed E-state index contributed by atoms with van der Waals surface area (Å²) in [5, 5.41) is 0. The Morgan fingerprint density at radius 3 is 2.60 bits per heavy atom. The molecular formula is C17H17FN2O4S. The largest absolute Gasteiger partial charge is 0.497 e. The quantitative estimate of drug-likeness (QED) is 0.880. The lowest BCUT2D eigenvalue weighted by Crippen LogP contribution is -2.41. The number of carbonyl (C=O) groups excluding carboxylic acids is 1. The third kappa shape index (κ3) is 3.64. The van der Waals surface area contributed by atoms with Crippen LogP contribution in [0.25, 0.3) is 0 Å². The number of sulfonamides is 1. The first-order chi connectivity index (χ1) is 11.9. The third-order valence-electron chi connectivity index (χ3n) is 3.99. The number of carbonyl (C=O) groups is 1. The topological polar surface area (TPSA) is 75.7 Å². The Morgan fingerprint density at radius 2 is 1.92 bits per heavy atom. The van der Waals surface area contributed by atoms with E-state index in [1.165, 1.54) is 48.4 Å². The minimum Gasteiger partial charge on any atom is -0.497 e. The van der Waals surface area contributed by atoms with Gasteiger partial charge in [0.15, 0.2) is 0 Å². The van der Waals surface area contributed by atoms with Gasteiger partial charge in [-0.2, -0.15) is 4.72 Å². The highest BCUT2D eigenvalue weighted by molar-refractivity contribution is 7.89. The monoisotopic (exact) mass is 364 g/mol. The van der Waals surface area contributed by atoms with Gasteiger partial charge in [-0.3, -0.25) is 4.79 Å². The van der Waals surface area contributed by atoms with Gasteiger partial charge in [-0.1, -0.05) is 6.07 Å². The standard InChI is InChI=1S/C17H17FN2O4S/c1-24-14-3-2-4-15(11-14)25(22,23)19-16-9-10-20(17(16)21)13-7-5-12(18)6-8-13/h2-8,11,16,19H,9-10H2,1H3/t16-/m0/s1. The summed E-state index contributed by atoms with van der Waals surface area (Å²) in [6, 6.07) is 10.7. The molecule has 0 unspecified atom stereocenters. The van der Waals surface area contributed by atoms with E-state index in [-0.39, 0.29) is 10.8 Å². The van der Waals surface area contributed by atoms with Crippen molar-refractivity contribution < 1.29 is 22.3 Å². The van der Waals surface area contributed by atoms with Gasteiger partial charge in [0.2, 0.25) is 15.9 Å². The molecule has 132 valence electrons. The molecule has 2 aromatic carbocycles. The van der Waals surface area contributed by atoms with E-state index in [2.05, 4.69) is 4.72 Å². The number of amides is 1. The van der Waals surface area contributed by atoms with Crippen LogP contribution in [-0.2, 0) is 14.8 Å². The second-order valence-electron chi connectivity index (χ2n) is 5.61. The van der Waals surface area contributed by atoms with Crippen molar-refractivity contribution in [2.75, 3.05) is 18.6 Å². The zero-order chi connectivity index (χ0) is 18.0. The Bertz CT molecular complexity index is 884. The van der Waals surface area contributed by atoms with Gasteiger partial charge >= 0.3 is 0 Å². The zero-order valence-corrected chi connectivity index (χ0v) is 14.3. The van der Waals surface area contributed by atoms with Gasteiger partial charge < -0.3 is 9.64 Å². The van der Waals surface area contributed by atoms with Crippen molar-refractivity contribution in [1.82, 2.24) is 4.72 Å². The Morgan fingerprint density at radius 1 is 1.20 bits per heavy atom. The average molecular weight is 364 g/mol. The molecule has 8 heteroatoms. The van der Waals surface area contributed by atoms with Gasteiger partial charge in [-0.15, -0.1) is 0 Å². The lowest BCUT2D eigenvalue weighted by molar-refractivity contribution is -0.118. The number of hydrogen-bond donors (Lipinski definition) is 1. The number of hydrogen-bond acceptors (Lipinski definition) is 4. The number of halogens is 1. The number of rotatable bonds is 5. The van der Waals surface area contributed by atoms with E-state index in [4.69, 9.17) is 4.74 Å². The second kappa shape index (κ2) is 6.81. The fourth-order valence-electron chi connectivity index (χ4n) is 2.69. The highest BCUT2D eigenvalue weighted by atomic mass is 32.2. The molecule has 0 aromatic heterocycles. The maximum absolute atomic E-state index is 13.0. The molecule has 0 bridgehead atoms. The first kappa shape index (κ1) is 17.4. The molecule has 1 atom stereocenters. The maximum atomic E-state index is 13.0. The normalized spacial score (nSPS) is 17.8. The van der Waals surface area contributed by atoms with E-state index in [1.54, 1.807) is 12.1 Å². The predicted molar refractivity (Wildman–Crippen MR) is 90.5 cm³/mol. The highest BCUT2D eigenvalue weighted by Crippen LogP contribution is 2.24. The van der Waals surface area contributed by atoms with Crippen LogP contribution in [0, 0.1) is 5.82 Å². The van der Waals surface area contributed by atoms with E-state index >= 15 is 0 Å². The van der Waals surface area contributed by atoms with Gasteiger partial charge in [0.25, 0.3) is 0 Å². The van der Waals surface area contributed by atoms with Crippen molar-refractivity contribution in [3.63, 3.8) is 0 Å². The summed E-state index contributed by atoms with van der Waals surface area (Å²) in [6.45, 7) is 0.357. The van der Waals surface area contributed by atoms with Crippen LogP contribution in [0.15, 0.2) is 53.4 Å². The van der Waals surface area contributed by atoms with Crippen LogP contribution in [0.5, 0.6) is 5.75 Å². The molecule has 0 aliphatic carbocycles. The Hall–Kier alpha value is -2.45. The molecule has 1 heterocycles. The van der Waals surface area contributed by atoms with E-state index in [9.17, 15) is 17.6 Å². The fraction of sp³-hybridized carbons (Fsp3) is 0.235. The fourth-order valence-corrected chi connectivity index (χ4v) is 3.95. The van der Waals surface area contributed by atoms with Crippen molar-refractivity contribution in [3.05, 3.63) is 54.3 Å². The van der Waals surface area contributed by atoms with Crippen molar-refractivity contribution in [1.29, 1.82) is 0 Å². The molecule has 1 N–H and O–H groups in total. The molecule has 3 rings (SSSR count). The van der Waals surface area contributed by atoms with Crippen LogP contribution >= 0.6 is 0 Å². The SMILES string of the molecule is COc1cccc(S(=O)(=O)N[C@H]2CCN(c3ccc(F)cc3)C2=O)c1. The number of nitrogens with one attached hydrogen (secondary N) is 1. The maximum Gasteiger partial charge on any atom is 0.245 e. The lowest BCUT2D eigenvalue weighted by atomic mass is 10.3. The van der Waals surface area contributed by atoms with Crippen LogP contribution in [0.2, 0.25) is 0 Å². The molecule has 1 saturated heterocycles. The molecule has 0 spiro atoms. The van der Waals surface area contributed by atoms with Crippen LogP contribution in [-0.4, -0.2) is 34.0 Å². The van der Waals surface area contributed by atoms with Crippen molar-refractivity contribution in [2.24, 2.45) is 0 Å². The number of nitrogens with zero attached hydrogens (tertiary/aromatic N) is 1. The molecule has 1 aliphatic rings. The van der Waals surface area contributed by atoms with Crippen LogP contribution in [0.4, 0.5) is 10.1 Å². The minimum absolute atomic E-state index is 0.0277. The summed E-state index contributed by atoms with van der Waals surface area (Å²) < 4.78 is 45.5. The Kier molecular flexibility index (Phi) is 4.73. The van der Waals surface area contributed by atoms with E-state index in [1.807, 2.05) is 0 Å². The highest BCUT2D eigenvalue weighted by Gasteiger charge is 2.35. The number of benzene rings is 2. The van der Waals surface area contributed by atoms with Crippen molar-refractivity contribution >= 4 is 21.6 Å². The van der Waals surface area contributed by atoms with Crippen LogP contribution < -0.4 is 14.4 Å². The van der Waals surface area contributed by atoms with Crippen LogP contribution in [0.3, 0.4) is 0 Å². The lowest BCUT2D eigenvalue weighted by Gasteiger charge is -2.17. The summed E-state index contributed by atoms with van der Waals surface area (Å²) in [4.78, 5) is 14.0.